The summed E-state index contributed by atoms with van der Waals surface area (Å²) in [5.41, 5.74) is 5.49. The highest BCUT2D eigenvalue weighted by molar-refractivity contribution is 7.92. The Morgan fingerprint density at radius 2 is 2.08 bits per heavy atom. The van der Waals surface area contributed by atoms with Crippen molar-refractivity contribution < 1.29 is 8.42 Å². The normalized spacial score (nSPS) is 30.8. The second-order valence-corrected chi connectivity index (χ2v) is 6.06. The molecule has 0 unspecified atom stereocenters. The van der Waals surface area contributed by atoms with Crippen LogP contribution in [0.15, 0.2) is 0 Å². The highest BCUT2D eigenvalue weighted by Gasteiger charge is 2.32. The first kappa shape index (κ1) is 9.99. The van der Waals surface area contributed by atoms with Crippen molar-refractivity contribution in [1.82, 2.24) is 0 Å². The molecule has 0 spiro atoms. The smallest absolute Gasteiger partial charge is 0.152 e. The highest BCUT2D eigenvalue weighted by atomic mass is 32.2. The van der Waals surface area contributed by atoms with Gasteiger partial charge in [-0.05, 0) is 31.7 Å². The quantitative estimate of drug-likeness (QED) is 0.708. The molecule has 72 valence electrons. The van der Waals surface area contributed by atoms with Gasteiger partial charge in [-0.1, -0.05) is 6.92 Å². The fourth-order valence-corrected chi connectivity index (χ4v) is 3.34. The third kappa shape index (κ3) is 1.98. The fraction of sp³-hybridized carbons (Fsp3) is 1.00. The molecule has 1 aliphatic rings. The fourth-order valence-electron chi connectivity index (χ4n) is 1.81. The predicted octanol–water partition coefficient (Wildman–Crippen LogP) is 0.549. The lowest BCUT2D eigenvalue weighted by atomic mass is 10.1. The Balaban J connectivity index is 2.58. The lowest BCUT2D eigenvalue weighted by Crippen LogP contribution is -2.21. The van der Waals surface area contributed by atoms with Gasteiger partial charge >= 0.3 is 0 Å². The molecule has 4 heteroatoms. The average molecular weight is 191 g/mol. The number of hydrogen-bond donors (Lipinski definition) is 1. The standard InChI is InChI=1S/C8H17NO2S/c1-2-12(10,11)8-4-3-7(5-8)6-9/h7-8H,2-6,9H2,1H3/t7-,8-/m0/s1. The average Bonchev–Trinajstić information content (AvgIpc) is 2.52. The van der Waals surface area contributed by atoms with E-state index >= 15 is 0 Å². The maximum Gasteiger partial charge on any atom is 0.152 e. The summed E-state index contributed by atoms with van der Waals surface area (Å²) in [6.45, 7) is 2.35. The molecule has 0 radical (unpaired) electrons. The molecule has 2 atom stereocenters. The molecule has 1 saturated carbocycles. The minimum absolute atomic E-state index is 0.101. The van der Waals surface area contributed by atoms with E-state index in [2.05, 4.69) is 0 Å². The van der Waals surface area contributed by atoms with Gasteiger partial charge in [0.2, 0.25) is 0 Å². The molecule has 0 aromatic heterocycles. The van der Waals surface area contributed by atoms with Crippen LogP contribution in [-0.2, 0) is 9.84 Å². The summed E-state index contributed by atoms with van der Waals surface area (Å²) in [5.74, 6) is 0.714. The van der Waals surface area contributed by atoms with Gasteiger partial charge in [-0.2, -0.15) is 0 Å². The maximum absolute atomic E-state index is 11.4. The summed E-state index contributed by atoms with van der Waals surface area (Å²) in [7, 11) is -2.80. The summed E-state index contributed by atoms with van der Waals surface area (Å²) in [5, 5.41) is -0.101. The van der Waals surface area contributed by atoms with Crippen molar-refractivity contribution in [3.05, 3.63) is 0 Å². The van der Waals surface area contributed by atoms with E-state index in [1.807, 2.05) is 0 Å². The molecule has 0 saturated heterocycles. The topological polar surface area (TPSA) is 60.2 Å². The van der Waals surface area contributed by atoms with Crippen molar-refractivity contribution in [3.8, 4) is 0 Å². The van der Waals surface area contributed by atoms with E-state index in [-0.39, 0.29) is 11.0 Å². The zero-order chi connectivity index (χ0) is 9.19. The minimum Gasteiger partial charge on any atom is -0.330 e. The summed E-state index contributed by atoms with van der Waals surface area (Å²) in [4.78, 5) is 0. The third-order valence-electron chi connectivity index (χ3n) is 2.74. The lowest BCUT2D eigenvalue weighted by molar-refractivity contribution is 0.552. The van der Waals surface area contributed by atoms with E-state index in [9.17, 15) is 8.42 Å². The number of nitrogens with two attached hydrogens (primary N) is 1. The van der Waals surface area contributed by atoms with Crippen molar-refractivity contribution in [3.63, 3.8) is 0 Å². The molecule has 1 fully saturated rings. The molecule has 0 aromatic rings. The lowest BCUT2D eigenvalue weighted by Gasteiger charge is -2.09. The minimum atomic E-state index is -2.80. The summed E-state index contributed by atoms with van der Waals surface area (Å²) >= 11 is 0. The van der Waals surface area contributed by atoms with Gasteiger partial charge in [0.15, 0.2) is 9.84 Å². The molecule has 0 aromatic carbocycles. The van der Waals surface area contributed by atoms with E-state index in [0.717, 1.165) is 19.3 Å². The summed E-state index contributed by atoms with van der Waals surface area (Å²) in [6.07, 6.45) is 2.59. The molecule has 0 bridgehead atoms. The molecule has 1 rings (SSSR count). The van der Waals surface area contributed by atoms with Gasteiger partial charge in [0, 0.05) is 5.75 Å². The van der Waals surface area contributed by atoms with Crippen LogP contribution in [0.4, 0.5) is 0 Å². The van der Waals surface area contributed by atoms with Gasteiger partial charge in [-0.25, -0.2) is 8.42 Å². The number of sulfone groups is 1. The molecule has 1 aliphatic carbocycles. The van der Waals surface area contributed by atoms with Crippen LogP contribution in [-0.4, -0.2) is 26.0 Å². The number of rotatable bonds is 3. The molecule has 0 heterocycles. The third-order valence-corrected chi connectivity index (χ3v) is 4.99. The second-order valence-electron chi connectivity index (χ2n) is 3.49. The van der Waals surface area contributed by atoms with Crippen molar-refractivity contribution in [2.24, 2.45) is 11.7 Å². The Labute approximate surface area is 74.3 Å². The van der Waals surface area contributed by atoms with Crippen LogP contribution in [0, 0.1) is 5.92 Å². The van der Waals surface area contributed by atoms with Crippen LogP contribution in [0.25, 0.3) is 0 Å². The SMILES string of the molecule is CCS(=O)(=O)[C@H]1CC[C@H](CN)C1. The van der Waals surface area contributed by atoms with Crippen molar-refractivity contribution in [1.29, 1.82) is 0 Å². The first-order chi connectivity index (χ1) is 5.60. The largest absolute Gasteiger partial charge is 0.330 e. The van der Waals surface area contributed by atoms with Crippen molar-refractivity contribution >= 4 is 9.84 Å². The van der Waals surface area contributed by atoms with Crippen LogP contribution < -0.4 is 5.73 Å². The predicted molar refractivity (Wildman–Crippen MR) is 49.6 cm³/mol. The van der Waals surface area contributed by atoms with E-state index < -0.39 is 9.84 Å². The van der Waals surface area contributed by atoms with Gasteiger partial charge in [0.1, 0.15) is 0 Å². The highest BCUT2D eigenvalue weighted by Crippen LogP contribution is 2.29. The Hall–Kier alpha value is -0.0900. The molecular weight excluding hydrogens is 174 g/mol. The van der Waals surface area contributed by atoms with Crippen LogP contribution in [0.3, 0.4) is 0 Å². The van der Waals surface area contributed by atoms with Crippen LogP contribution >= 0.6 is 0 Å². The van der Waals surface area contributed by atoms with Gasteiger partial charge in [0.25, 0.3) is 0 Å². The van der Waals surface area contributed by atoms with Crippen molar-refractivity contribution in [2.75, 3.05) is 12.3 Å². The van der Waals surface area contributed by atoms with Crippen LogP contribution in [0.5, 0.6) is 0 Å². The zero-order valence-corrected chi connectivity index (χ0v) is 8.31. The Bertz CT molecular complexity index is 235. The maximum atomic E-state index is 11.4. The van der Waals surface area contributed by atoms with E-state index in [1.165, 1.54) is 0 Å². The second kappa shape index (κ2) is 3.75. The van der Waals surface area contributed by atoms with Crippen LogP contribution in [0.1, 0.15) is 26.2 Å². The summed E-state index contributed by atoms with van der Waals surface area (Å²) in [6, 6.07) is 0. The molecular formula is C8H17NO2S. The Morgan fingerprint density at radius 1 is 1.42 bits per heavy atom. The molecule has 0 amide bonds. The van der Waals surface area contributed by atoms with Crippen LogP contribution in [0.2, 0.25) is 0 Å². The Kier molecular flexibility index (Phi) is 3.12. The summed E-state index contributed by atoms with van der Waals surface area (Å²) < 4.78 is 22.8. The van der Waals surface area contributed by atoms with Gasteiger partial charge in [0.05, 0.1) is 5.25 Å². The van der Waals surface area contributed by atoms with Gasteiger partial charge < -0.3 is 5.73 Å². The molecule has 2 N–H and O–H groups in total. The number of hydrogen-bond acceptors (Lipinski definition) is 3. The van der Waals surface area contributed by atoms with E-state index in [0.29, 0.717) is 12.5 Å². The zero-order valence-electron chi connectivity index (χ0n) is 7.49. The monoisotopic (exact) mass is 191 g/mol. The van der Waals surface area contributed by atoms with Crippen molar-refractivity contribution in [2.45, 2.75) is 31.4 Å². The Morgan fingerprint density at radius 3 is 2.50 bits per heavy atom. The first-order valence-corrected chi connectivity index (χ1v) is 6.23. The van der Waals surface area contributed by atoms with Gasteiger partial charge in [-0.15, -0.1) is 0 Å². The molecule has 3 nitrogen and oxygen atoms in total. The van der Waals surface area contributed by atoms with E-state index in [4.69, 9.17) is 5.73 Å². The molecule has 12 heavy (non-hydrogen) atoms. The van der Waals surface area contributed by atoms with Gasteiger partial charge in [-0.3, -0.25) is 0 Å². The first-order valence-electron chi connectivity index (χ1n) is 4.51. The van der Waals surface area contributed by atoms with E-state index in [1.54, 1.807) is 6.92 Å². The molecule has 0 aliphatic heterocycles.